The van der Waals surface area contributed by atoms with Gasteiger partial charge in [-0.3, -0.25) is 0 Å². The zero-order chi connectivity index (χ0) is 14.8. The molecule has 1 saturated heterocycles. The summed E-state index contributed by atoms with van der Waals surface area (Å²) in [5.74, 6) is -0.130. The first-order chi connectivity index (χ1) is 9.43. The highest BCUT2D eigenvalue weighted by Gasteiger charge is 2.24. The van der Waals surface area contributed by atoms with Crippen LogP contribution in [-0.2, 0) is 16.4 Å². The van der Waals surface area contributed by atoms with Gasteiger partial charge in [0, 0.05) is 26.2 Å². The summed E-state index contributed by atoms with van der Waals surface area (Å²) in [7, 11) is -3.20. The van der Waals surface area contributed by atoms with E-state index in [0.29, 0.717) is 44.7 Å². The second-order valence-electron chi connectivity index (χ2n) is 4.81. The maximum absolute atomic E-state index is 14.2. The topological polar surface area (TPSA) is 66.4 Å². The van der Waals surface area contributed by atoms with Gasteiger partial charge >= 0.3 is 0 Å². The van der Waals surface area contributed by atoms with Crippen molar-refractivity contribution in [1.29, 1.82) is 0 Å². The molecule has 8 heteroatoms. The van der Waals surface area contributed by atoms with Crippen LogP contribution >= 0.6 is 0 Å². The normalized spacial score (nSPS) is 18.1. The van der Waals surface area contributed by atoms with Crippen molar-refractivity contribution in [3.63, 3.8) is 0 Å². The molecule has 0 saturated carbocycles. The van der Waals surface area contributed by atoms with Gasteiger partial charge in [-0.25, -0.2) is 27.1 Å². The Hall–Kier alpha value is -1.28. The lowest BCUT2D eigenvalue weighted by Crippen LogP contribution is -2.35. The van der Waals surface area contributed by atoms with Crippen molar-refractivity contribution in [1.82, 2.24) is 14.3 Å². The molecule has 1 aliphatic heterocycles. The molecule has 0 radical (unpaired) electrons. The summed E-state index contributed by atoms with van der Waals surface area (Å²) in [6.45, 7) is 3.67. The number of aromatic nitrogens is 2. The summed E-state index contributed by atoms with van der Waals surface area (Å²) in [4.78, 5) is 9.72. The van der Waals surface area contributed by atoms with Gasteiger partial charge in [0.05, 0.1) is 11.9 Å². The Kier molecular flexibility index (Phi) is 4.54. The monoisotopic (exact) mass is 302 g/mol. The van der Waals surface area contributed by atoms with Crippen LogP contribution in [0.2, 0.25) is 0 Å². The van der Waals surface area contributed by atoms with Crippen molar-refractivity contribution >= 4 is 15.8 Å². The predicted molar refractivity (Wildman–Crippen MR) is 74.6 cm³/mol. The van der Waals surface area contributed by atoms with Crippen LogP contribution in [-0.4, -0.2) is 55.1 Å². The number of anilines is 1. The minimum Gasteiger partial charge on any atom is -0.353 e. The Labute approximate surface area is 118 Å². The van der Waals surface area contributed by atoms with E-state index < -0.39 is 15.8 Å². The van der Waals surface area contributed by atoms with Crippen LogP contribution in [0.4, 0.5) is 10.2 Å². The van der Waals surface area contributed by atoms with Crippen molar-refractivity contribution < 1.29 is 12.8 Å². The molecule has 0 unspecified atom stereocenters. The fraction of sp³-hybridized carbons (Fsp3) is 0.667. The van der Waals surface area contributed by atoms with Crippen molar-refractivity contribution in [3.05, 3.63) is 17.8 Å². The van der Waals surface area contributed by atoms with Crippen LogP contribution in [0.25, 0.3) is 0 Å². The maximum Gasteiger partial charge on any atom is 0.211 e. The number of nitrogens with zero attached hydrogens (tertiary/aromatic N) is 4. The van der Waals surface area contributed by atoms with Gasteiger partial charge in [0.1, 0.15) is 6.33 Å². The summed E-state index contributed by atoms with van der Waals surface area (Å²) >= 11 is 0. The van der Waals surface area contributed by atoms with E-state index >= 15 is 0 Å². The third-order valence-corrected chi connectivity index (χ3v) is 4.70. The largest absolute Gasteiger partial charge is 0.353 e. The maximum atomic E-state index is 14.2. The molecule has 0 atom stereocenters. The number of halogens is 1. The van der Waals surface area contributed by atoms with E-state index in [2.05, 4.69) is 9.97 Å². The van der Waals surface area contributed by atoms with Gasteiger partial charge in [-0.2, -0.15) is 0 Å². The van der Waals surface area contributed by atoms with Gasteiger partial charge in [0.2, 0.25) is 10.0 Å². The van der Waals surface area contributed by atoms with Gasteiger partial charge in [-0.1, -0.05) is 6.92 Å². The average Bonchev–Trinajstić information content (AvgIpc) is 2.64. The molecule has 1 fully saturated rings. The number of rotatable bonds is 3. The molecule has 0 N–H and O–H groups in total. The summed E-state index contributed by atoms with van der Waals surface area (Å²) in [5.41, 5.74) is 0.388. The zero-order valence-corrected chi connectivity index (χ0v) is 12.5. The zero-order valence-electron chi connectivity index (χ0n) is 11.7. The van der Waals surface area contributed by atoms with E-state index in [1.165, 1.54) is 16.9 Å². The van der Waals surface area contributed by atoms with Crippen molar-refractivity contribution in [2.75, 3.05) is 37.3 Å². The molecular weight excluding hydrogens is 283 g/mol. The van der Waals surface area contributed by atoms with Crippen LogP contribution in [0, 0.1) is 5.82 Å². The second kappa shape index (κ2) is 6.01. The highest BCUT2D eigenvalue weighted by atomic mass is 32.2. The Morgan fingerprint density at radius 1 is 1.25 bits per heavy atom. The molecule has 0 bridgehead atoms. The van der Waals surface area contributed by atoms with E-state index in [0.717, 1.165) is 0 Å². The molecule has 2 heterocycles. The first kappa shape index (κ1) is 15.1. The molecule has 0 spiro atoms. The van der Waals surface area contributed by atoms with E-state index in [9.17, 15) is 12.8 Å². The highest BCUT2D eigenvalue weighted by molar-refractivity contribution is 7.88. The summed E-state index contributed by atoms with van der Waals surface area (Å²) < 4.78 is 38.8. The van der Waals surface area contributed by atoms with Crippen LogP contribution in [0.1, 0.15) is 19.0 Å². The predicted octanol–water partition coefficient (Wildman–Crippen LogP) is 0.650. The van der Waals surface area contributed by atoms with Crippen LogP contribution in [0.3, 0.4) is 0 Å². The summed E-state index contributed by atoms with van der Waals surface area (Å²) in [5, 5.41) is 0. The first-order valence-electron chi connectivity index (χ1n) is 6.63. The molecule has 2 rings (SSSR count). The Morgan fingerprint density at radius 2 is 2.00 bits per heavy atom. The molecule has 1 aromatic rings. The molecule has 20 heavy (non-hydrogen) atoms. The van der Waals surface area contributed by atoms with Crippen molar-refractivity contribution in [2.45, 2.75) is 19.8 Å². The molecule has 1 aromatic heterocycles. The molecule has 0 aliphatic carbocycles. The highest BCUT2D eigenvalue weighted by Crippen LogP contribution is 2.20. The van der Waals surface area contributed by atoms with E-state index in [4.69, 9.17) is 0 Å². The SMILES string of the molecule is CCc1ncnc(N2CCCN(S(C)(=O)=O)CC2)c1F. The van der Waals surface area contributed by atoms with Crippen LogP contribution < -0.4 is 4.90 Å². The fourth-order valence-electron chi connectivity index (χ4n) is 2.30. The van der Waals surface area contributed by atoms with Gasteiger partial charge < -0.3 is 4.90 Å². The molecule has 6 nitrogen and oxygen atoms in total. The third-order valence-electron chi connectivity index (χ3n) is 3.40. The third kappa shape index (κ3) is 3.24. The first-order valence-corrected chi connectivity index (χ1v) is 8.47. The lowest BCUT2D eigenvalue weighted by Gasteiger charge is -2.22. The van der Waals surface area contributed by atoms with E-state index in [-0.39, 0.29) is 5.82 Å². The van der Waals surface area contributed by atoms with Gasteiger partial charge in [-0.05, 0) is 12.8 Å². The van der Waals surface area contributed by atoms with Crippen LogP contribution in [0.5, 0.6) is 0 Å². The van der Waals surface area contributed by atoms with E-state index in [1.807, 2.05) is 6.92 Å². The summed E-state index contributed by atoms with van der Waals surface area (Å²) in [6.07, 6.45) is 3.71. The van der Waals surface area contributed by atoms with Gasteiger partial charge in [-0.15, -0.1) is 0 Å². The van der Waals surface area contributed by atoms with Crippen LogP contribution in [0.15, 0.2) is 6.33 Å². The molecule has 112 valence electrons. The smallest absolute Gasteiger partial charge is 0.211 e. The van der Waals surface area contributed by atoms with E-state index in [1.54, 1.807) is 4.90 Å². The fourth-order valence-corrected chi connectivity index (χ4v) is 3.17. The molecule has 1 aliphatic rings. The Bertz CT molecular complexity index is 579. The average molecular weight is 302 g/mol. The minimum atomic E-state index is -3.20. The lowest BCUT2D eigenvalue weighted by atomic mass is 10.3. The quantitative estimate of drug-likeness (QED) is 0.820. The van der Waals surface area contributed by atoms with Gasteiger partial charge in [0.25, 0.3) is 0 Å². The Balaban J connectivity index is 2.19. The second-order valence-corrected chi connectivity index (χ2v) is 6.80. The number of hydrogen-bond donors (Lipinski definition) is 0. The summed E-state index contributed by atoms with van der Waals surface area (Å²) in [6, 6.07) is 0. The standard InChI is InChI=1S/C12H19FN4O2S/c1-3-10-11(13)12(15-9-14-10)16-5-4-6-17(8-7-16)20(2,18)19/h9H,3-8H2,1-2H3. The minimum absolute atomic E-state index is 0.271. The molecule has 0 amide bonds. The van der Waals surface area contributed by atoms with Gasteiger partial charge in [0.15, 0.2) is 11.6 Å². The molecular formula is C12H19FN4O2S. The molecule has 0 aromatic carbocycles. The lowest BCUT2D eigenvalue weighted by molar-refractivity contribution is 0.437. The Morgan fingerprint density at radius 3 is 2.65 bits per heavy atom. The number of sulfonamides is 1. The number of aryl methyl sites for hydroxylation is 1. The van der Waals surface area contributed by atoms with Crippen molar-refractivity contribution in [2.24, 2.45) is 0 Å². The van der Waals surface area contributed by atoms with Crippen molar-refractivity contribution in [3.8, 4) is 0 Å². The number of hydrogen-bond acceptors (Lipinski definition) is 5.